The number of aryl methyl sites for hydroxylation is 1. The second-order valence-electron chi connectivity index (χ2n) is 4.94. The summed E-state index contributed by atoms with van der Waals surface area (Å²) < 4.78 is 3.99. The molecule has 2 amide bonds. The maximum absolute atomic E-state index is 12.4. The molecule has 22 heavy (non-hydrogen) atoms. The van der Waals surface area contributed by atoms with Crippen LogP contribution in [0.1, 0.15) is 12.2 Å². The Bertz CT molecular complexity index is 716. The molecule has 6 nitrogen and oxygen atoms in total. The number of nitrogens with one attached hydrogen (secondary N) is 1. The molecule has 1 N–H and O–H groups in total. The van der Waals surface area contributed by atoms with Crippen molar-refractivity contribution in [1.29, 1.82) is 0 Å². The summed E-state index contributed by atoms with van der Waals surface area (Å²) in [7, 11) is 0. The van der Waals surface area contributed by atoms with Crippen molar-refractivity contribution in [3.05, 3.63) is 35.1 Å². The quantitative estimate of drug-likeness (QED) is 0.874. The number of halogens is 1. The van der Waals surface area contributed by atoms with Gasteiger partial charge in [0.25, 0.3) is 0 Å². The van der Waals surface area contributed by atoms with Crippen LogP contribution in [0.4, 0.5) is 10.8 Å². The van der Waals surface area contributed by atoms with Gasteiger partial charge in [0, 0.05) is 28.8 Å². The molecule has 1 atom stereocenters. The van der Waals surface area contributed by atoms with E-state index in [9.17, 15) is 9.59 Å². The van der Waals surface area contributed by atoms with Gasteiger partial charge in [-0.15, -0.1) is 0 Å². The number of hydrogen-bond acceptors (Lipinski definition) is 5. The van der Waals surface area contributed by atoms with Gasteiger partial charge in [0.1, 0.15) is 11.7 Å². The maximum atomic E-state index is 12.4. The van der Waals surface area contributed by atoms with Gasteiger partial charge in [-0.2, -0.15) is 4.37 Å². The second-order valence-corrected chi connectivity index (χ2v) is 6.13. The molecule has 1 aromatic heterocycles. The summed E-state index contributed by atoms with van der Waals surface area (Å²) in [5.41, 5.74) is 0.747. The molecular weight excluding hydrogens is 324 g/mol. The monoisotopic (exact) mass is 336 g/mol. The van der Waals surface area contributed by atoms with E-state index in [-0.39, 0.29) is 11.8 Å². The number of amides is 2. The lowest BCUT2D eigenvalue weighted by molar-refractivity contribution is -0.129. The number of rotatable bonds is 3. The average Bonchev–Trinajstić information content (AvgIpc) is 3.06. The number of carbonyl (C=O) groups excluding carboxylic acids is 2. The third-order valence-electron chi connectivity index (χ3n) is 3.42. The number of aromatic nitrogens is 2. The Balaban J connectivity index is 1.70. The number of benzene rings is 1. The van der Waals surface area contributed by atoms with Crippen molar-refractivity contribution in [3.63, 3.8) is 0 Å². The first-order valence-electron chi connectivity index (χ1n) is 6.73. The van der Waals surface area contributed by atoms with E-state index in [1.54, 1.807) is 36.1 Å². The molecule has 0 spiro atoms. The largest absolute Gasteiger partial charge is 0.312 e. The van der Waals surface area contributed by atoms with Gasteiger partial charge >= 0.3 is 0 Å². The van der Waals surface area contributed by atoms with Crippen molar-refractivity contribution >= 4 is 45.8 Å². The topological polar surface area (TPSA) is 75.2 Å². The Morgan fingerprint density at radius 2 is 2.14 bits per heavy atom. The minimum absolute atomic E-state index is 0.207. The average molecular weight is 337 g/mol. The number of nitrogens with zero attached hydrogens (tertiary/aromatic N) is 3. The molecular formula is C14H13ClN4O2S. The van der Waals surface area contributed by atoms with E-state index in [0.717, 1.165) is 17.2 Å². The van der Waals surface area contributed by atoms with Gasteiger partial charge in [0.05, 0.1) is 0 Å². The predicted octanol–water partition coefficient (Wildman–Crippen LogP) is 2.49. The third-order valence-corrected chi connectivity index (χ3v) is 4.39. The Morgan fingerprint density at radius 3 is 2.77 bits per heavy atom. The highest BCUT2D eigenvalue weighted by Gasteiger charge is 2.37. The van der Waals surface area contributed by atoms with E-state index in [1.807, 2.05) is 0 Å². The van der Waals surface area contributed by atoms with Crippen molar-refractivity contribution in [3.8, 4) is 0 Å². The van der Waals surface area contributed by atoms with E-state index >= 15 is 0 Å². The van der Waals surface area contributed by atoms with Crippen LogP contribution in [0.25, 0.3) is 0 Å². The van der Waals surface area contributed by atoms with Crippen LogP contribution in [0.2, 0.25) is 5.02 Å². The predicted molar refractivity (Wildman–Crippen MR) is 85.2 cm³/mol. The zero-order chi connectivity index (χ0) is 15.7. The van der Waals surface area contributed by atoms with Crippen molar-refractivity contribution in [2.75, 3.05) is 16.8 Å². The highest BCUT2D eigenvalue weighted by molar-refractivity contribution is 7.09. The number of hydrogen-bond donors (Lipinski definition) is 1. The van der Waals surface area contributed by atoms with E-state index in [1.165, 1.54) is 0 Å². The van der Waals surface area contributed by atoms with Gasteiger partial charge in [0.2, 0.25) is 16.9 Å². The van der Waals surface area contributed by atoms with Crippen LogP contribution in [0, 0.1) is 12.8 Å². The molecule has 2 aromatic rings. The molecule has 114 valence electrons. The molecule has 2 heterocycles. The standard InChI is InChI=1S/C14H13ClN4O2S/c1-8-16-14(22-18-8)17-12(20)11-6-7-19(13(11)21)10-4-2-9(15)3-5-10/h2-5,11H,6-7H2,1H3,(H,16,17,18,20)/t11-/m0/s1. The first-order valence-corrected chi connectivity index (χ1v) is 7.88. The normalized spacial score (nSPS) is 17.8. The zero-order valence-corrected chi connectivity index (χ0v) is 13.3. The molecule has 3 rings (SSSR count). The second kappa shape index (κ2) is 6.02. The minimum Gasteiger partial charge on any atom is -0.312 e. The van der Waals surface area contributed by atoms with Gasteiger partial charge in [-0.3, -0.25) is 9.59 Å². The smallest absolute Gasteiger partial charge is 0.239 e. The molecule has 0 bridgehead atoms. The molecule has 1 aliphatic rings. The third kappa shape index (κ3) is 2.95. The van der Waals surface area contributed by atoms with Crippen LogP contribution in [0.5, 0.6) is 0 Å². The lowest BCUT2D eigenvalue weighted by Gasteiger charge is -2.16. The van der Waals surface area contributed by atoms with E-state index in [4.69, 9.17) is 11.6 Å². The number of anilines is 2. The van der Waals surface area contributed by atoms with Crippen LogP contribution >= 0.6 is 23.1 Å². The highest BCUT2D eigenvalue weighted by atomic mass is 35.5. The summed E-state index contributed by atoms with van der Waals surface area (Å²) in [6.07, 6.45) is 0.477. The van der Waals surface area contributed by atoms with Crippen molar-refractivity contribution in [2.24, 2.45) is 5.92 Å². The Labute approximate surface area is 136 Å². The van der Waals surface area contributed by atoms with Gasteiger partial charge in [-0.1, -0.05) is 11.6 Å². The molecule has 1 saturated heterocycles. The summed E-state index contributed by atoms with van der Waals surface area (Å²) >= 11 is 6.95. The van der Waals surface area contributed by atoms with Gasteiger partial charge in [-0.25, -0.2) is 4.98 Å². The fourth-order valence-corrected chi connectivity index (χ4v) is 3.05. The fraction of sp³-hybridized carbons (Fsp3) is 0.286. The molecule has 1 aliphatic heterocycles. The molecule has 1 fully saturated rings. The van der Waals surface area contributed by atoms with Gasteiger partial charge in [-0.05, 0) is 37.6 Å². The van der Waals surface area contributed by atoms with Crippen molar-refractivity contribution < 1.29 is 9.59 Å². The van der Waals surface area contributed by atoms with Gasteiger partial charge in [0.15, 0.2) is 0 Å². The Morgan fingerprint density at radius 1 is 1.41 bits per heavy atom. The first kappa shape index (κ1) is 14.9. The zero-order valence-electron chi connectivity index (χ0n) is 11.7. The van der Waals surface area contributed by atoms with Crippen molar-refractivity contribution in [1.82, 2.24) is 9.36 Å². The SMILES string of the molecule is Cc1nsc(NC(=O)[C@@H]2CCN(c3ccc(Cl)cc3)C2=O)n1. The van der Waals surface area contributed by atoms with Crippen LogP contribution < -0.4 is 10.2 Å². The molecule has 0 aliphatic carbocycles. The molecule has 0 radical (unpaired) electrons. The van der Waals surface area contributed by atoms with E-state index in [0.29, 0.717) is 28.9 Å². The van der Waals surface area contributed by atoms with E-state index in [2.05, 4.69) is 14.7 Å². The summed E-state index contributed by atoms with van der Waals surface area (Å²) in [6.45, 7) is 2.25. The molecule has 1 aromatic carbocycles. The molecule has 8 heteroatoms. The van der Waals surface area contributed by atoms with Crippen LogP contribution in [0.3, 0.4) is 0 Å². The van der Waals surface area contributed by atoms with Gasteiger partial charge < -0.3 is 10.2 Å². The maximum Gasteiger partial charge on any atom is 0.239 e. The summed E-state index contributed by atoms with van der Waals surface area (Å²) in [4.78, 5) is 30.3. The number of carbonyl (C=O) groups is 2. The Kier molecular flexibility index (Phi) is 4.08. The fourth-order valence-electron chi connectivity index (χ4n) is 2.34. The van der Waals surface area contributed by atoms with Crippen LogP contribution in [0.15, 0.2) is 24.3 Å². The lowest BCUT2D eigenvalue weighted by atomic mass is 10.1. The highest BCUT2D eigenvalue weighted by Crippen LogP contribution is 2.27. The Hall–Kier alpha value is -1.99. The van der Waals surface area contributed by atoms with Crippen LogP contribution in [-0.2, 0) is 9.59 Å². The first-order chi connectivity index (χ1) is 10.5. The minimum atomic E-state index is -0.695. The lowest BCUT2D eigenvalue weighted by Crippen LogP contribution is -2.33. The summed E-state index contributed by atoms with van der Waals surface area (Å²) in [6, 6.07) is 6.99. The summed E-state index contributed by atoms with van der Waals surface area (Å²) in [5, 5.41) is 3.68. The van der Waals surface area contributed by atoms with Crippen LogP contribution in [-0.4, -0.2) is 27.7 Å². The van der Waals surface area contributed by atoms with E-state index < -0.39 is 5.92 Å². The van der Waals surface area contributed by atoms with Crippen molar-refractivity contribution in [2.45, 2.75) is 13.3 Å². The molecule has 0 saturated carbocycles. The molecule has 0 unspecified atom stereocenters. The summed E-state index contributed by atoms with van der Waals surface area (Å²) in [5.74, 6) is -0.639.